The topological polar surface area (TPSA) is 102 Å². The zero-order valence-corrected chi connectivity index (χ0v) is 16.0. The van der Waals surface area contributed by atoms with Gasteiger partial charge in [0.1, 0.15) is 0 Å². The SMILES string of the molecule is CCOC(=O)CCNC(=O)[C@@H](C[C@H](O)[C@@H](N)Cc1ccccc1)C(C)C. The summed E-state index contributed by atoms with van der Waals surface area (Å²) in [7, 11) is 0. The van der Waals surface area contributed by atoms with Crippen molar-refractivity contribution in [1.29, 1.82) is 0 Å². The van der Waals surface area contributed by atoms with Gasteiger partial charge in [-0.05, 0) is 31.2 Å². The molecule has 0 aliphatic heterocycles. The Bertz CT molecular complexity index is 548. The van der Waals surface area contributed by atoms with Crippen LogP contribution >= 0.6 is 0 Å². The summed E-state index contributed by atoms with van der Waals surface area (Å²) >= 11 is 0. The van der Waals surface area contributed by atoms with Gasteiger partial charge >= 0.3 is 5.97 Å². The Hall–Kier alpha value is -1.92. The van der Waals surface area contributed by atoms with Gasteiger partial charge in [0.05, 0.1) is 19.1 Å². The lowest BCUT2D eigenvalue weighted by Crippen LogP contribution is -2.42. The molecule has 0 aliphatic rings. The standard InChI is InChI=1S/C20H32N2O4/c1-4-26-19(24)10-11-22-20(25)16(14(2)3)13-18(23)17(21)12-15-8-6-5-7-9-15/h5-9,14,16-18,23H,4,10-13,21H2,1-3H3,(H,22,25)/t16-,17-,18-/m0/s1. The molecule has 146 valence electrons. The average Bonchev–Trinajstić information content (AvgIpc) is 2.60. The van der Waals surface area contributed by atoms with Crippen LogP contribution < -0.4 is 11.1 Å². The number of ether oxygens (including phenoxy) is 1. The van der Waals surface area contributed by atoms with Gasteiger partial charge in [0, 0.05) is 18.5 Å². The highest BCUT2D eigenvalue weighted by molar-refractivity contribution is 5.79. The summed E-state index contributed by atoms with van der Waals surface area (Å²) in [5.74, 6) is -0.820. The normalized spacial score (nSPS) is 14.5. The fourth-order valence-electron chi connectivity index (χ4n) is 2.79. The molecule has 6 nitrogen and oxygen atoms in total. The summed E-state index contributed by atoms with van der Waals surface area (Å²) < 4.78 is 4.84. The minimum absolute atomic E-state index is 0.0520. The Labute approximate surface area is 156 Å². The molecular formula is C20H32N2O4. The van der Waals surface area contributed by atoms with Gasteiger partial charge in [0.25, 0.3) is 0 Å². The van der Waals surface area contributed by atoms with Crippen molar-refractivity contribution in [2.24, 2.45) is 17.6 Å². The number of nitrogens with one attached hydrogen (secondary N) is 1. The van der Waals surface area contributed by atoms with Crippen LogP contribution in [0.5, 0.6) is 0 Å². The summed E-state index contributed by atoms with van der Waals surface area (Å²) in [5.41, 5.74) is 7.18. The van der Waals surface area contributed by atoms with Crippen LogP contribution in [0.25, 0.3) is 0 Å². The van der Waals surface area contributed by atoms with E-state index in [1.165, 1.54) is 0 Å². The van der Waals surface area contributed by atoms with Crippen LogP contribution in [0, 0.1) is 11.8 Å². The maximum atomic E-state index is 12.4. The summed E-state index contributed by atoms with van der Waals surface area (Å²) in [6.45, 7) is 6.17. The van der Waals surface area contributed by atoms with Gasteiger partial charge in [-0.1, -0.05) is 44.2 Å². The first-order valence-electron chi connectivity index (χ1n) is 9.26. The van der Waals surface area contributed by atoms with E-state index in [4.69, 9.17) is 10.5 Å². The number of rotatable bonds is 11. The first-order chi connectivity index (χ1) is 12.3. The highest BCUT2D eigenvalue weighted by atomic mass is 16.5. The zero-order valence-electron chi connectivity index (χ0n) is 16.0. The van der Waals surface area contributed by atoms with Crippen molar-refractivity contribution in [2.75, 3.05) is 13.2 Å². The van der Waals surface area contributed by atoms with Crippen LogP contribution in [0.3, 0.4) is 0 Å². The van der Waals surface area contributed by atoms with Gasteiger partial charge in [-0.3, -0.25) is 9.59 Å². The lowest BCUT2D eigenvalue weighted by atomic mass is 9.86. The van der Waals surface area contributed by atoms with Gasteiger partial charge in [-0.25, -0.2) is 0 Å². The quantitative estimate of drug-likeness (QED) is 0.518. The third-order valence-electron chi connectivity index (χ3n) is 4.38. The molecule has 0 saturated carbocycles. The van der Waals surface area contributed by atoms with Crippen LogP contribution in [0.4, 0.5) is 0 Å². The minimum atomic E-state index is -0.779. The van der Waals surface area contributed by atoms with Crippen LogP contribution in [-0.2, 0) is 20.7 Å². The maximum absolute atomic E-state index is 12.4. The van der Waals surface area contributed by atoms with E-state index >= 15 is 0 Å². The Morgan fingerprint density at radius 1 is 1.23 bits per heavy atom. The summed E-state index contributed by atoms with van der Waals surface area (Å²) in [6.07, 6.45) is 0.202. The second kappa shape index (κ2) is 11.6. The summed E-state index contributed by atoms with van der Waals surface area (Å²) in [6, 6.07) is 9.29. The van der Waals surface area contributed by atoms with E-state index in [0.29, 0.717) is 13.0 Å². The molecule has 0 radical (unpaired) electrons. The van der Waals surface area contributed by atoms with Crippen molar-refractivity contribution in [2.45, 2.75) is 52.2 Å². The maximum Gasteiger partial charge on any atom is 0.307 e. The molecule has 1 amide bonds. The smallest absolute Gasteiger partial charge is 0.307 e. The molecule has 0 aromatic heterocycles. The number of hydrogen-bond donors (Lipinski definition) is 3. The molecule has 0 saturated heterocycles. The number of nitrogens with two attached hydrogens (primary N) is 1. The molecule has 1 aromatic rings. The van der Waals surface area contributed by atoms with Gasteiger partial charge in [-0.2, -0.15) is 0 Å². The Morgan fingerprint density at radius 3 is 2.46 bits per heavy atom. The summed E-state index contributed by atoms with van der Waals surface area (Å²) in [4.78, 5) is 23.8. The van der Waals surface area contributed by atoms with E-state index < -0.39 is 12.1 Å². The van der Waals surface area contributed by atoms with Gasteiger partial charge < -0.3 is 20.9 Å². The highest BCUT2D eigenvalue weighted by Gasteiger charge is 2.27. The number of amides is 1. The first kappa shape index (κ1) is 22.1. The third kappa shape index (κ3) is 7.97. The third-order valence-corrected chi connectivity index (χ3v) is 4.38. The van der Waals surface area contributed by atoms with Crippen LogP contribution in [-0.4, -0.2) is 42.3 Å². The fourth-order valence-corrected chi connectivity index (χ4v) is 2.79. The molecule has 26 heavy (non-hydrogen) atoms. The molecule has 1 aromatic carbocycles. The number of carbonyl (C=O) groups is 2. The molecule has 1 rings (SSSR count). The first-order valence-corrected chi connectivity index (χ1v) is 9.26. The van der Waals surface area contributed by atoms with E-state index in [9.17, 15) is 14.7 Å². The Morgan fingerprint density at radius 2 is 1.88 bits per heavy atom. The Kier molecular flexibility index (Phi) is 9.91. The molecule has 3 atom stereocenters. The van der Waals surface area contributed by atoms with Gasteiger partial charge in [0.15, 0.2) is 0 Å². The van der Waals surface area contributed by atoms with Crippen molar-refractivity contribution in [3.63, 3.8) is 0 Å². The van der Waals surface area contributed by atoms with Crippen molar-refractivity contribution >= 4 is 11.9 Å². The van der Waals surface area contributed by atoms with Crippen LogP contribution in [0.15, 0.2) is 30.3 Å². The number of hydrogen-bond acceptors (Lipinski definition) is 5. The van der Waals surface area contributed by atoms with E-state index in [0.717, 1.165) is 5.56 Å². The molecule has 0 fully saturated rings. The Balaban J connectivity index is 2.52. The van der Waals surface area contributed by atoms with Gasteiger partial charge in [0.2, 0.25) is 5.91 Å². The van der Waals surface area contributed by atoms with Crippen molar-refractivity contribution in [3.05, 3.63) is 35.9 Å². The minimum Gasteiger partial charge on any atom is -0.466 e. The molecule has 0 unspecified atom stereocenters. The van der Waals surface area contributed by atoms with Crippen molar-refractivity contribution in [1.82, 2.24) is 5.32 Å². The fraction of sp³-hybridized carbons (Fsp3) is 0.600. The van der Waals surface area contributed by atoms with E-state index in [-0.39, 0.29) is 43.1 Å². The molecule has 6 heteroatoms. The number of benzene rings is 1. The second-order valence-electron chi connectivity index (χ2n) is 6.85. The molecule has 0 heterocycles. The molecule has 0 bridgehead atoms. The molecule has 0 spiro atoms. The predicted molar refractivity (Wildman–Crippen MR) is 101 cm³/mol. The largest absolute Gasteiger partial charge is 0.466 e. The van der Waals surface area contributed by atoms with Crippen molar-refractivity contribution < 1.29 is 19.4 Å². The monoisotopic (exact) mass is 364 g/mol. The van der Waals surface area contributed by atoms with E-state index in [1.807, 2.05) is 44.2 Å². The van der Waals surface area contributed by atoms with Crippen LogP contribution in [0.1, 0.15) is 39.2 Å². The molecule has 4 N–H and O–H groups in total. The molecular weight excluding hydrogens is 332 g/mol. The predicted octanol–water partition coefficient (Wildman–Crippen LogP) is 1.65. The zero-order chi connectivity index (χ0) is 19.5. The van der Waals surface area contributed by atoms with E-state index in [2.05, 4.69) is 5.32 Å². The summed E-state index contributed by atoms with van der Waals surface area (Å²) in [5, 5.41) is 13.2. The molecule has 0 aliphatic carbocycles. The lowest BCUT2D eigenvalue weighted by molar-refractivity contribution is -0.143. The number of aliphatic hydroxyl groups excluding tert-OH is 1. The highest BCUT2D eigenvalue weighted by Crippen LogP contribution is 2.20. The van der Waals surface area contributed by atoms with E-state index in [1.54, 1.807) is 6.92 Å². The lowest BCUT2D eigenvalue weighted by Gasteiger charge is -2.26. The number of aliphatic hydroxyl groups is 1. The van der Waals surface area contributed by atoms with Crippen molar-refractivity contribution in [3.8, 4) is 0 Å². The second-order valence-corrected chi connectivity index (χ2v) is 6.85. The number of esters is 1. The number of carbonyl (C=O) groups excluding carboxylic acids is 2. The average molecular weight is 364 g/mol. The van der Waals surface area contributed by atoms with Crippen LogP contribution in [0.2, 0.25) is 0 Å². The van der Waals surface area contributed by atoms with Gasteiger partial charge in [-0.15, -0.1) is 0 Å².